The fourth-order valence-corrected chi connectivity index (χ4v) is 2.88. The minimum atomic E-state index is -0.162. The molecule has 0 saturated heterocycles. The Morgan fingerprint density at radius 1 is 1.18 bits per heavy atom. The number of rotatable bonds is 6. The van der Waals surface area contributed by atoms with Gasteiger partial charge in [-0.25, -0.2) is 4.79 Å². The summed E-state index contributed by atoms with van der Waals surface area (Å²) < 4.78 is 0. The normalized spacial score (nSPS) is 11.7. The zero-order valence-electron chi connectivity index (χ0n) is 12.9. The quantitative estimate of drug-likeness (QED) is 0.804. The number of hydrogen-bond donors (Lipinski definition) is 2. The molecule has 2 rings (SSSR count). The van der Waals surface area contributed by atoms with Crippen molar-refractivity contribution >= 4 is 17.8 Å². The van der Waals surface area contributed by atoms with Crippen LogP contribution in [-0.4, -0.2) is 22.8 Å². The fraction of sp³-hybridized carbons (Fsp3) is 0.294. The molecule has 0 spiro atoms. The van der Waals surface area contributed by atoms with E-state index in [1.807, 2.05) is 37.3 Å². The first-order valence-electron chi connectivity index (χ1n) is 7.29. The molecular weight excluding hydrogens is 294 g/mol. The number of nitrogens with zero attached hydrogens (tertiary/aromatic N) is 1. The van der Waals surface area contributed by atoms with E-state index in [4.69, 9.17) is 0 Å². The van der Waals surface area contributed by atoms with Crippen molar-refractivity contribution in [1.82, 2.24) is 15.6 Å². The van der Waals surface area contributed by atoms with E-state index < -0.39 is 0 Å². The molecule has 1 aromatic heterocycles. The molecule has 5 heteroatoms. The Balaban J connectivity index is 1.70. The molecule has 0 radical (unpaired) electrons. The average Bonchev–Trinajstić information content (AvgIpc) is 2.53. The molecule has 22 heavy (non-hydrogen) atoms. The lowest BCUT2D eigenvalue weighted by atomic mass is 10.2. The third-order valence-electron chi connectivity index (χ3n) is 3.16. The number of aryl methyl sites for hydroxylation is 1. The molecular formula is C17H21N3OS. The highest BCUT2D eigenvalue weighted by molar-refractivity contribution is 8.00. The number of aromatic nitrogens is 1. The standard InChI is InChI=1S/C17H21N3OS/c1-13-7-6-10-18-16(13)12-20-17(21)19-11-14(2)22-15-8-4-3-5-9-15/h3-10,14H,11-12H2,1-2H3,(H2,19,20,21)/t14-/m1/s1. The molecule has 1 atom stereocenters. The highest BCUT2D eigenvalue weighted by Crippen LogP contribution is 2.21. The second-order valence-corrected chi connectivity index (χ2v) is 6.58. The van der Waals surface area contributed by atoms with Gasteiger partial charge < -0.3 is 10.6 Å². The molecule has 0 bridgehead atoms. The summed E-state index contributed by atoms with van der Waals surface area (Å²) in [6.07, 6.45) is 1.74. The Morgan fingerprint density at radius 3 is 2.68 bits per heavy atom. The van der Waals surface area contributed by atoms with Crippen LogP contribution in [-0.2, 0) is 6.54 Å². The molecule has 2 amide bonds. The van der Waals surface area contributed by atoms with Gasteiger partial charge in [0.05, 0.1) is 12.2 Å². The molecule has 1 aromatic carbocycles. The Kier molecular flexibility index (Phi) is 6.27. The molecule has 4 nitrogen and oxygen atoms in total. The van der Waals surface area contributed by atoms with Gasteiger partial charge in [-0.1, -0.05) is 31.2 Å². The van der Waals surface area contributed by atoms with E-state index in [1.54, 1.807) is 18.0 Å². The summed E-state index contributed by atoms with van der Waals surface area (Å²) in [6, 6.07) is 13.9. The first-order valence-corrected chi connectivity index (χ1v) is 8.17. The molecule has 0 aliphatic rings. The second kappa shape index (κ2) is 8.44. The van der Waals surface area contributed by atoms with Crippen molar-refractivity contribution in [2.75, 3.05) is 6.54 Å². The van der Waals surface area contributed by atoms with E-state index in [9.17, 15) is 4.79 Å². The summed E-state index contributed by atoms with van der Waals surface area (Å²) >= 11 is 1.75. The van der Waals surface area contributed by atoms with E-state index in [1.165, 1.54) is 4.90 Å². The Morgan fingerprint density at radius 2 is 1.95 bits per heavy atom. The van der Waals surface area contributed by atoms with Crippen molar-refractivity contribution in [2.45, 2.75) is 30.5 Å². The molecule has 0 fully saturated rings. The number of urea groups is 1. The summed E-state index contributed by atoms with van der Waals surface area (Å²) in [4.78, 5) is 17.3. The zero-order chi connectivity index (χ0) is 15.8. The first-order chi connectivity index (χ1) is 10.6. The van der Waals surface area contributed by atoms with Gasteiger partial charge in [-0.15, -0.1) is 11.8 Å². The van der Waals surface area contributed by atoms with Crippen molar-refractivity contribution in [3.8, 4) is 0 Å². The van der Waals surface area contributed by atoms with Gasteiger partial charge in [-0.05, 0) is 30.7 Å². The van der Waals surface area contributed by atoms with Crippen molar-refractivity contribution in [3.63, 3.8) is 0 Å². The number of hydrogen-bond acceptors (Lipinski definition) is 3. The minimum absolute atomic E-state index is 0.162. The van der Waals surface area contributed by atoms with Crippen LogP contribution in [0.5, 0.6) is 0 Å². The van der Waals surface area contributed by atoms with E-state index in [-0.39, 0.29) is 6.03 Å². The lowest BCUT2D eigenvalue weighted by molar-refractivity contribution is 0.240. The fourth-order valence-electron chi connectivity index (χ4n) is 1.94. The van der Waals surface area contributed by atoms with Crippen LogP contribution in [0.15, 0.2) is 53.6 Å². The van der Waals surface area contributed by atoms with Crippen LogP contribution >= 0.6 is 11.8 Å². The number of amides is 2. The van der Waals surface area contributed by atoms with Crippen LogP contribution in [0, 0.1) is 6.92 Å². The van der Waals surface area contributed by atoms with Crippen LogP contribution in [0.2, 0.25) is 0 Å². The molecule has 0 saturated carbocycles. The van der Waals surface area contributed by atoms with Crippen LogP contribution in [0.3, 0.4) is 0 Å². The number of pyridine rings is 1. The molecule has 2 N–H and O–H groups in total. The lowest BCUT2D eigenvalue weighted by Crippen LogP contribution is -2.38. The summed E-state index contributed by atoms with van der Waals surface area (Å²) in [5, 5.41) is 6.04. The monoisotopic (exact) mass is 315 g/mol. The average molecular weight is 315 g/mol. The van der Waals surface area contributed by atoms with Gasteiger partial charge >= 0.3 is 6.03 Å². The molecule has 0 aliphatic heterocycles. The van der Waals surface area contributed by atoms with Crippen LogP contribution in [0.4, 0.5) is 4.79 Å². The molecule has 2 aromatic rings. The Hall–Kier alpha value is -2.01. The number of thioether (sulfide) groups is 1. The topological polar surface area (TPSA) is 54.0 Å². The van der Waals surface area contributed by atoms with Crippen molar-refractivity contribution in [1.29, 1.82) is 0 Å². The third-order valence-corrected chi connectivity index (χ3v) is 4.28. The lowest BCUT2D eigenvalue weighted by Gasteiger charge is -2.13. The van der Waals surface area contributed by atoms with Gasteiger partial charge in [-0.2, -0.15) is 0 Å². The number of nitrogens with one attached hydrogen (secondary N) is 2. The predicted molar refractivity (Wildman–Crippen MR) is 91.0 cm³/mol. The highest BCUT2D eigenvalue weighted by Gasteiger charge is 2.07. The first kappa shape index (κ1) is 16.4. The zero-order valence-corrected chi connectivity index (χ0v) is 13.7. The number of carbonyl (C=O) groups excluding carboxylic acids is 1. The van der Waals surface area contributed by atoms with Crippen LogP contribution in [0.1, 0.15) is 18.2 Å². The Labute approximate surface area is 135 Å². The van der Waals surface area contributed by atoms with E-state index >= 15 is 0 Å². The van der Waals surface area contributed by atoms with Crippen LogP contribution in [0.25, 0.3) is 0 Å². The van der Waals surface area contributed by atoms with E-state index in [0.717, 1.165) is 11.3 Å². The van der Waals surface area contributed by atoms with Gasteiger partial charge in [0.2, 0.25) is 0 Å². The molecule has 1 heterocycles. The highest BCUT2D eigenvalue weighted by atomic mass is 32.2. The largest absolute Gasteiger partial charge is 0.337 e. The van der Waals surface area contributed by atoms with Crippen LogP contribution < -0.4 is 10.6 Å². The molecule has 0 aliphatic carbocycles. The summed E-state index contributed by atoms with van der Waals surface area (Å²) in [5.74, 6) is 0. The third kappa shape index (κ3) is 5.41. The SMILES string of the molecule is Cc1cccnc1CNC(=O)NC[C@@H](C)Sc1ccccc1. The maximum atomic E-state index is 11.8. The second-order valence-electron chi connectivity index (χ2n) is 5.07. The van der Waals surface area contributed by atoms with Crippen molar-refractivity contribution in [2.24, 2.45) is 0 Å². The summed E-state index contributed by atoms with van der Waals surface area (Å²) in [6.45, 7) is 5.15. The predicted octanol–water partition coefficient (Wildman–Crippen LogP) is 3.37. The van der Waals surface area contributed by atoms with E-state index in [0.29, 0.717) is 18.3 Å². The summed E-state index contributed by atoms with van der Waals surface area (Å²) in [7, 11) is 0. The number of benzene rings is 1. The maximum absolute atomic E-state index is 11.8. The smallest absolute Gasteiger partial charge is 0.315 e. The molecule has 116 valence electrons. The van der Waals surface area contributed by atoms with Gasteiger partial charge in [-0.3, -0.25) is 4.98 Å². The Bertz CT molecular complexity index is 604. The van der Waals surface area contributed by atoms with Crippen molar-refractivity contribution < 1.29 is 4.79 Å². The van der Waals surface area contributed by atoms with Gasteiger partial charge in [0.25, 0.3) is 0 Å². The van der Waals surface area contributed by atoms with Crippen molar-refractivity contribution in [3.05, 3.63) is 59.9 Å². The van der Waals surface area contributed by atoms with Gasteiger partial charge in [0.1, 0.15) is 0 Å². The number of carbonyl (C=O) groups is 1. The van der Waals surface area contributed by atoms with Gasteiger partial charge in [0.15, 0.2) is 0 Å². The van der Waals surface area contributed by atoms with E-state index in [2.05, 4.69) is 34.7 Å². The minimum Gasteiger partial charge on any atom is -0.337 e. The molecule has 0 unspecified atom stereocenters. The summed E-state index contributed by atoms with van der Waals surface area (Å²) in [5.41, 5.74) is 1.97. The van der Waals surface area contributed by atoms with Gasteiger partial charge in [0, 0.05) is 22.9 Å². The maximum Gasteiger partial charge on any atom is 0.315 e.